The van der Waals surface area contributed by atoms with Crippen LogP contribution in [-0.4, -0.2) is 31.1 Å². The summed E-state index contributed by atoms with van der Waals surface area (Å²) in [7, 11) is 1.37. The molecule has 0 N–H and O–H groups in total. The maximum Gasteiger partial charge on any atom is 0.338 e. The molecule has 0 fully saturated rings. The van der Waals surface area contributed by atoms with Gasteiger partial charge in [-0.25, -0.2) is 9.79 Å². The Morgan fingerprint density at radius 3 is 2.54 bits per heavy atom. The molecule has 4 rings (SSSR count). The highest BCUT2D eigenvalue weighted by atomic mass is 16.5. The van der Waals surface area contributed by atoms with Crippen LogP contribution in [0.25, 0.3) is 10.8 Å². The first-order valence-corrected chi connectivity index (χ1v) is 9.16. The van der Waals surface area contributed by atoms with Crippen molar-refractivity contribution in [2.75, 3.05) is 13.7 Å². The first kappa shape index (κ1) is 18.0. The molecule has 0 aliphatic carbocycles. The van der Waals surface area contributed by atoms with Gasteiger partial charge in [0.15, 0.2) is 0 Å². The number of carbonyl (C=O) groups excluding carboxylic acids is 1. The van der Waals surface area contributed by atoms with Gasteiger partial charge in [-0.1, -0.05) is 66.7 Å². The Balaban J connectivity index is 1.81. The van der Waals surface area contributed by atoms with Crippen molar-refractivity contribution in [1.29, 1.82) is 0 Å². The van der Waals surface area contributed by atoms with E-state index in [-0.39, 0.29) is 12.5 Å². The summed E-state index contributed by atoms with van der Waals surface area (Å²) >= 11 is 0. The molecule has 0 amide bonds. The molecule has 0 bridgehead atoms. The van der Waals surface area contributed by atoms with E-state index in [2.05, 4.69) is 12.6 Å². The van der Waals surface area contributed by atoms with Crippen LogP contribution >= 0.6 is 0 Å². The molecule has 28 heavy (non-hydrogen) atoms. The largest absolute Gasteiger partial charge is 0.474 e. The molecule has 1 aliphatic heterocycles. The summed E-state index contributed by atoms with van der Waals surface area (Å²) in [6.07, 6.45) is 1.74. The van der Waals surface area contributed by atoms with Gasteiger partial charge < -0.3 is 9.47 Å². The van der Waals surface area contributed by atoms with Gasteiger partial charge in [0.1, 0.15) is 6.61 Å². The van der Waals surface area contributed by atoms with Crippen molar-refractivity contribution in [3.8, 4) is 0 Å². The summed E-state index contributed by atoms with van der Waals surface area (Å²) < 4.78 is 11.1. The number of aliphatic imine (C=N–C) groups is 1. The molecule has 0 saturated heterocycles. The molecular formula is C24H21NO3. The molecule has 0 saturated carbocycles. The topological polar surface area (TPSA) is 47.9 Å². The minimum atomic E-state index is -1.20. The van der Waals surface area contributed by atoms with E-state index in [0.717, 1.165) is 21.9 Å². The second-order valence-corrected chi connectivity index (χ2v) is 6.81. The van der Waals surface area contributed by atoms with E-state index < -0.39 is 11.5 Å². The van der Waals surface area contributed by atoms with Crippen LogP contribution in [0.4, 0.5) is 0 Å². The number of hydrogen-bond donors (Lipinski definition) is 0. The fourth-order valence-electron chi connectivity index (χ4n) is 3.73. The lowest BCUT2D eigenvalue weighted by atomic mass is 9.80. The van der Waals surface area contributed by atoms with Crippen LogP contribution in [0, 0.1) is 0 Å². The van der Waals surface area contributed by atoms with Gasteiger partial charge >= 0.3 is 5.97 Å². The molecule has 3 aromatic carbocycles. The third-order valence-electron chi connectivity index (χ3n) is 5.17. The molecule has 0 radical (unpaired) electrons. The van der Waals surface area contributed by atoms with Gasteiger partial charge in [0.25, 0.3) is 0 Å². The molecule has 140 valence electrons. The average Bonchev–Trinajstić information content (AvgIpc) is 3.20. The van der Waals surface area contributed by atoms with Gasteiger partial charge in [0, 0.05) is 11.5 Å². The predicted octanol–water partition coefficient (Wildman–Crippen LogP) is 4.50. The SMILES string of the molecule is C=C[C@@H](c1ccccc1)[C@@]1(C(=O)OC)COC(c2ccc3ccccc3c2)=N1. The van der Waals surface area contributed by atoms with E-state index in [0.29, 0.717) is 5.90 Å². The Labute approximate surface area is 164 Å². The third-order valence-corrected chi connectivity index (χ3v) is 5.17. The van der Waals surface area contributed by atoms with E-state index in [4.69, 9.17) is 14.5 Å². The maximum atomic E-state index is 12.8. The zero-order chi connectivity index (χ0) is 19.6. The Bertz CT molecular complexity index is 1060. The maximum absolute atomic E-state index is 12.8. The van der Waals surface area contributed by atoms with Crippen LogP contribution in [-0.2, 0) is 14.3 Å². The molecule has 2 atom stereocenters. The molecule has 0 spiro atoms. The monoisotopic (exact) mass is 371 g/mol. The third kappa shape index (κ3) is 2.97. The summed E-state index contributed by atoms with van der Waals surface area (Å²) in [5.41, 5.74) is 0.578. The molecule has 1 aliphatic rings. The van der Waals surface area contributed by atoms with Gasteiger partial charge in [-0.2, -0.15) is 0 Å². The van der Waals surface area contributed by atoms with Gasteiger partial charge in [0.2, 0.25) is 11.4 Å². The number of rotatable bonds is 5. The Morgan fingerprint density at radius 1 is 1.11 bits per heavy atom. The van der Waals surface area contributed by atoms with Crippen LogP contribution in [0.3, 0.4) is 0 Å². The number of hydrogen-bond acceptors (Lipinski definition) is 4. The Kier molecular flexibility index (Phi) is 4.70. The van der Waals surface area contributed by atoms with Gasteiger partial charge in [-0.15, -0.1) is 6.58 Å². The van der Waals surface area contributed by atoms with E-state index in [1.165, 1.54) is 7.11 Å². The highest BCUT2D eigenvalue weighted by Gasteiger charge is 2.51. The normalized spacial score (nSPS) is 19.5. The summed E-state index contributed by atoms with van der Waals surface area (Å²) in [5.74, 6) is -0.352. The number of ether oxygens (including phenoxy) is 2. The van der Waals surface area contributed by atoms with E-state index in [9.17, 15) is 4.79 Å². The van der Waals surface area contributed by atoms with E-state index in [1.54, 1.807) is 6.08 Å². The highest BCUT2D eigenvalue weighted by molar-refractivity contribution is 6.02. The summed E-state index contributed by atoms with van der Waals surface area (Å²) in [4.78, 5) is 17.6. The van der Waals surface area contributed by atoms with Crippen LogP contribution in [0.5, 0.6) is 0 Å². The summed E-state index contributed by atoms with van der Waals surface area (Å²) in [6, 6.07) is 23.8. The van der Waals surface area contributed by atoms with Crippen LogP contribution < -0.4 is 0 Å². The van der Waals surface area contributed by atoms with Gasteiger partial charge in [-0.3, -0.25) is 0 Å². The molecule has 1 heterocycles. The number of benzene rings is 3. The second-order valence-electron chi connectivity index (χ2n) is 6.81. The smallest absolute Gasteiger partial charge is 0.338 e. The molecule has 0 unspecified atom stereocenters. The first-order chi connectivity index (χ1) is 13.7. The van der Waals surface area contributed by atoms with Crippen LogP contribution in [0.15, 0.2) is 90.4 Å². The summed E-state index contributed by atoms with van der Waals surface area (Å²) in [5, 5.41) is 2.22. The summed E-state index contributed by atoms with van der Waals surface area (Å²) in [6.45, 7) is 4.05. The lowest BCUT2D eigenvalue weighted by molar-refractivity contribution is -0.147. The molecule has 0 aromatic heterocycles. The lowest BCUT2D eigenvalue weighted by Crippen LogP contribution is -2.44. The molecule has 4 nitrogen and oxygen atoms in total. The fraction of sp³-hybridized carbons (Fsp3) is 0.167. The van der Waals surface area contributed by atoms with E-state index in [1.807, 2.05) is 66.7 Å². The number of fused-ring (bicyclic) bond motifs is 1. The van der Waals surface area contributed by atoms with Crippen molar-refractivity contribution in [3.05, 3.63) is 96.6 Å². The van der Waals surface area contributed by atoms with Crippen LogP contribution in [0.2, 0.25) is 0 Å². The van der Waals surface area contributed by atoms with Crippen molar-refractivity contribution < 1.29 is 14.3 Å². The number of carbonyl (C=O) groups is 1. The average molecular weight is 371 g/mol. The standard InChI is InChI=1S/C24H21NO3/c1-3-21(18-10-5-4-6-11-18)24(23(26)27-2)16-28-22(25-24)20-14-13-17-9-7-8-12-19(17)15-20/h3-15,21H,1,16H2,2H3/t21-,24+/m0/s1. The molecule has 4 heteroatoms. The van der Waals surface area contributed by atoms with Crippen molar-refractivity contribution in [3.63, 3.8) is 0 Å². The number of nitrogens with zero attached hydrogens (tertiary/aromatic N) is 1. The Morgan fingerprint density at radius 2 is 1.82 bits per heavy atom. The Hall–Kier alpha value is -3.40. The van der Waals surface area contributed by atoms with Gasteiger partial charge in [-0.05, 0) is 28.5 Å². The zero-order valence-electron chi connectivity index (χ0n) is 15.7. The predicted molar refractivity (Wildman–Crippen MR) is 111 cm³/mol. The molecule has 3 aromatic rings. The second kappa shape index (κ2) is 7.31. The number of methoxy groups -OCH3 is 1. The zero-order valence-corrected chi connectivity index (χ0v) is 15.7. The minimum absolute atomic E-state index is 0.105. The van der Waals surface area contributed by atoms with Crippen molar-refractivity contribution in [2.45, 2.75) is 11.5 Å². The van der Waals surface area contributed by atoms with Gasteiger partial charge in [0.05, 0.1) is 7.11 Å². The highest BCUT2D eigenvalue weighted by Crippen LogP contribution is 2.38. The van der Waals surface area contributed by atoms with Crippen molar-refractivity contribution >= 4 is 22.6 Å². The lowest BCUT2D eigenvalue weighted by Gasteiger charge is -2.28. The fourth-order valence-corrected chi connectivity index (χ4v) is 3.73. The van der Waals surface area contributed by atoms with Crippen molar-refractivity contribution in [1.82, 2.24) is 0 Å². The quantitative estimate of drug-likeness (QED) is 0.490. The minimum Gasteiger partial charge on any atom is -0.474 e. The number of esters is 1. The van der Waals surface area contributed by atoms with Crippen LogP contribution in [0.1, 0.15) is 17.0 Å². The molecular weight excluding hydrogens is 350 g/mol. The van der Waals surface area contributed by atoms with E-state index >= 15 is 0 Å². The first-order valence-electron chi connectivity index (χ1n) is 9.16. The van der Waals surface area contributed by atoms with Crippen molar-refractivity contribution in [2.24, 2.45) is 4.99 Å².